The van der Waals surface area contributed by atoms with Crippen LogP contribution in [0.15, 0.2) is 41.4 Å². The number of hydrogen-bond donors (Lipinski definition) is 1. The highest BCUT2D eigenvalue weighted by atomic mass is 32.2. The quantitative estimate of drug-likeness (QED) is 0.576. The molecule has 1 N–H and O–H groups in total. The first-order valence-corrected chi connectivity index (χ1v) is 10.5. The van der Waals surface area contributed by atoms with Crippen LogP contribution in [0, 0.1) is 17.2 Å². The van der Waals surface area contributed by atoms with Crippen molar-refractivity contribution in [3.8, 4) is 6.07 Å². The summed E-state index contributed by atoms with van der Waals surface area (Å²) >= 11 is 2.91. The van der Waals surface area contributed by atoms with E-state index >= 15 is 0 Å². The van der Waals surface area contributed by atoms with Gasteiger partial charge in [-0.15, -0.1) is 11.8 Å². The van der Waals surface area contributed by atoms with Gasteiger partial charge in [0.05, 0.1) is 15.8 Å². The molecule has 2 heterocycles. The predicted octanol–water partition coefficient (Wildman–Crippen LogP) is 4.88. The van der Waals surface area contributed by atoms with Crippen molar-refractivity contribution in [2.45, 2.75) is 31.7 Å². The number of carbonyl (C=O) groups excluding carboxylic acids is 1. The minimum absolute atomic E-state index is 0.0848. The van der Waals surface area contributed by atoms with Crippen molar-refractivity contribution in [3.05, 3.63) is 47.7 Å². The maximum Gasteiger partial charge on any atom is 0.226 e. The Labute approximate surface area is 166 Å². The Balaban J connectivity index is 1.57. The molecule has 2 aromatic heterocycles. The van der Waals surface area contributed by atoms with Gasteiger partial charge in [0.1, 0.15) is 11.1 Å². The number of aromatic nitrogens is 2. The smallest absolute Gasteiger partial charge is 0.226 e. The number of pyridine rings is 1. The number of amides is 1. The molecule has 3 aromatic rings. The number of hydrogen-bond acceptors (Lipinski definition) is 6. The van der Waals surface area contributed by atoms with Crippen LogP contribution in [-0.4, -0.2) is 21.6 Å². The normalized spacial score (nSPS) is 10.9. The van der Waals surface area contributed by atoms with E-state index in [1.165, 1.54) is 23.1 Å². The molecule has 7 heteroatoms. The molecule has 0 spiro atoms. The second-order valence-corrected chi connectivity index (χ2v) is 8.61. The topological polar surface area (TPSA) is 78.7 Å². The van der Waals surface area contributed by atoms with Crippen LogP contribution >= 0.6 is 23.1 Å². The zero-order valence-corrected chi connectivity index (χ0v) is 16.9. The first-order chi connectivity index (χ1) is 13.0. The number of nitriles is 1. The predicted molar refractivity (Wildman–Crippen MR) is 111 cm³/mol. The maximum absolute atomic E-state index is 12.2. The number of anilines is 1. The second-order valence-electron chi connectivity index (χ2n) is 6.50. The third-order valence-corrected chi connectivity index (χ3v) is 5.71. The van der Waals surface area contributed by atoms with Gasteiger partial charge in [-0.25, -0.2) is 9.97 Å². The second kappa shape index (κ2) is 8.98. The summed E-state index contributed by atoms with van der Waals surface area (Å²) in [4.78, 5) is 21.2. The zero-order chi connectivity index (χ0) is 19.2. The fraction of sp³-hybridized carbons (Fsp3) is 0.300. The molecule has 0 saturated carbocycles. The molecule has 0 saturated heterocycles. The molecule has 0 bridgehead atoms. The number of thioether (sulfide) groups is 1. The van der Waals surface area contributed by atoms with Gasteiger partial charge in [0.2, 0.25) is 5.91 Å². The summed E-state index contributed by atoms with van der Waals surface area (Å²) in [5.41, 5.74) is 2.42. The Morgan fingerprint density at radius 2 is 2.07 bits per heavy atom. The number of para-hydroxylation sites is 1. The minimum atomic E-state index is -0.0848. The van der Waals surface area contributed by atoms with Gasteiger partial charge < -0.3 is 5.32 Å². The largest absolute Gasteiger partial charge is 0.302 e. The summed E-state index contributed by atoms with van der Waals surface area (Å²) in [6, 6.07) is 13.7. The van der Waals surface area contributed by atoms with Crippen molar-refractivity contribution in [3.63, 3.8) is 0 Å². The molecular weight excluding hydrogens is 376 g/mol. The van der Waals surface area contributed by atoms with Gasteiger partial charge in [-0.05, 0) is 36.6 Å². The van der Waals surface area contributed by atoms with Crippen LogP contribution in [0.2, 0.25) is 0 Å². The Hall–Kier alpha value is -2.43. The van der Waals surface area contributed by atoms with Crippen molar-refractivity contribution < 1.29 is 4.79 Å². The van der Waals surface area contributed by atoms with Crippen LogP contribution in [0.3, 0.4) is 0 Å². The van der Waals surface area contributed by atoms with Gasteiger partial charge in [0, 0.05) is 17.9 Å². The molecule has 0 atom stereocenters. The first kappa shape index (κ1) is 19.3. The molecule has 0 aliphatic rings. The van der Waals surface area contributed by atoms with Gasteiger partial charge in [-0.2, -0.15) is 5.26 Å². The monoisotopic (exact) mass is 396 g/mol. The van der Waals surface area contributed by atoms with E-state index in [2.05, 4.69) is 35.2 Å². The summed E-state index contributed by atoms with van der Waals surface area (Å²) in [5.74, 6) is 0.977. The average molecular weight is 397 g/mol. The van der Waals surface area contributed by atoms with Crippen molar-refractivity contribution in [1.29, 1.82) is 5.26 Å². The Morgan fingerprint density at radius 1 is 1.26 bits per heavy atom. The number of thiazole rings is 1. The standard InChI is InChI=1S/C20H20N4OS2/c1-13(2)11-15-8-7-14(12-21)19(22-15)26-10-9-18(25)24-20-23-16-5-3-4-6-17(16)27-20/h3-8,13H,9-11H2,1-2H3,(H,23,24,25). The maximum atomic E-state index is 12.2. The summed E-state index contributed by atoms with van der Waals surface area (Å²) in [7, 11) is 0. The Morgan fingerprint density at radius 3 is 2.81 bits per heavy atom. The van der Waals surface area contributed by atoms with Crippen molar-refractivity contribution >= 4 is 44.4 Å². The van der Waals surface area contributed by atoms with Crippen LogP contribution in [0.25, 0.3) is 10.2 Å². The highest BCUT2D eigenvalue weighted by Crippen LogP contribution is 2.26. The van der Waals surface area contributed by atoms with Gasteiger partial charge in [-0.3, -0.25) is 4.79 Å². The van der Waals surface area contributed by atoms with E-state index in [9.17, 15) is 10.1 Å². The van der Waals surface area contributed by atoms with E-state index in [1.807, 2.05) is 36.4 Å². The van der Waals surface area contributed by atoms with E-state index in [4.69, 9.17) is 0 Å². The van der Waals surface area contributed by atoms with Gasteiger partial charge in [0.15, 0.2) is 5.13 Å². The molecule has 0 aliphatic heterocycles. The number of benzene rings is 1. The summed E-state index contributed by atoms with van der Waals surface area (Å²) < 4.78 is 1.05. The average Bonchev–Trinajstić information content (AvgIpc) is 3.03. The summed E-state index contributed by atoms with van der Waals surface area (Å²) in [6.07, 6.45) is 1.21. The summed E-state index contributed by atoms with van der Waals surface area (Å²) in [5, 5.41) is 13.4. The Kier molecular flexibility index (Phi) is 6.43. The molecule has 0 fully saturated rings. The fourth-order valence-corrected chi connectivity index (χ4v) is 4.37. The van der Waals surface area contributed by atoms with Crippen LogP contribution in [0.5, 0.6) is 0 Å². The molecule has 27 heavy (non-hydrogen) atoms. The molecule has 0 aliphatic carbocycles. The number of nitrogens with one attached hydrogen (secondary N) is 1. The van der Waals surface area contributed by atoms with Crippen LogP contribution < -0.4 is 5.32 Å². The molecule has 3 rings (SSSR count). The molecule has 1 amide bonds. The van der Waals surface area contributed by atoms with Crippen LogP contribution in [-0.2, 0) is 11.2 Å². The van der Waals surface area contributed by atoms with Crippen LogP contribution in [0.4, 0.5) is 5.13 Å². The summed E-state index contributed by atoms with van der Waals surface area (Å²) in [6.45, 7) is 4.28. The minimum Gasteiger partial charge on any atom is -0.302 e. The zero-order valence-electron chi connectivity index (χ0n) is 15.2. The lowest BCUT2D eigenvalue weighted by Gasteiger charge is -2.08. The fourth-order valence-electron chi connectivity index (χ4n) is 2.55. The van der Waals surface area contributed by atoms with E-state index in [1.54, 1.807) is 0 Å². The van der Waals surface area contributed by atoms with Gasteiger partial charge in [0.25, 0.3) is 0 Å². The first-order valence-electron chi connectivity index (χ1n) is 8.73. The van der Waals surface area contributed by atoms with Crippen molar-refractivity contribution in [2.75, 3.05) is 11.1 Å². The number of nitrogens with zero attached hydrogens (tertiary/aromatic N) is 3. The highest BCUT2D eigenvalue weighted by molar-refractivity contribution is 7.99. The lowest BCUT2D eigenvalue weighted by molar-refractivity contribution is -0.115. The Bertz CT molecular complexity index is 958. The molecule has 0 radical (unpaired) electrons. The van der Waals surface area contributed by atoms with Gasteiger partial charge in [-0.1, -0.05) is 37.3 Å². The lowest BCUT2D eigenvalue weighted by Crippen LogP contribution is -2.12. The van der Waals surface area contributed by atoms with Gasteiger partial charge >= 0.3 is 0 Å². The van der Waals surface area contributed by atoms with Crippen molar-refractivity contribution in [1.82, 2.24) is 9.97 Å². The molecule has 1 aromatic carbocycles. The number of fused-ring (bicyclic) bond motifs is 1. The SMILES string of the molecule is CC(C)Cc1ccc(C#N)c(SCCC(=O)Nc2nc3ccccc3s2)n1. The molecule has 0 unspecified atom stereocenters. The van der Waals surface area contributed by atoms with E-state index < -0.39 is 0 Å². The van der Waals surface area contributed by atoms with Crippen LogP contribution in [0.1, 0.15) is 31.5 Å². The molecule has 5 nitrogen and oxygen atoms in total. The lowest BCUT2D eigenvalue weighted by atomic mass is 10.1. The number of rotatable bonds is 7. The van der Waals surface area contributed by atoms with Crippen molar-refractivity contribution in [2.24, 2.45) is 5.92 Å². The van der Waals surface area contributed by atoms with E-state index in [0.29, 0.717) is 33.8 Å². The third kappa shape index (κ3) is 5.28. The number of carbonyl (C=O) groups is 1. The third-order valence-electron chi connectivity index (χ3n) is 3.76. The van der Waals surface area contributed by atoms with E-state index in [0.717, 1.165) is 22.3 Å². The molecule has 138 valence electrons. The highest BCUT2D eigenvalue weighted by Gasteiger charge is 2.11. The van der Waals surface area contributed by atoms with E-state index in [-0.39, 0.29) is 5.91 Å². The molecular formula is C20H20N4OS2.